The lowest BCUT2D eigenvalue weighted by molar-refractivity contribution is -0.134. The number of carboxylic acid groups (broad SMARTS) is 2. The van der Waals surface area contributed by atoms with E-state index in [9.17, 15) is 14.4 Å². The minimum atomic E-state index is -1.26. The predicted molar refractivity (Wildman–Crippen MR) is 110 cm³/mol. The van der Waals surface area contributed by atoms with E-state index >= 15 is 0 Å². The van der Waals surface area contributed by atoms with Gasteiger partial charge in [0.2, 0.25) is 0 Å². The minimum Gasteiger partial charge on any atom is -0.478 e. The molecule has 2 heterocycles. The Bertz CT molecular complexity index is 745. The Morgan fingerprint density at radius 2 is 1.79 bits per heavy atom. The lowest BCUT2D eigenvalue weighted by Gasteiger charge is -2.21. The summed E-state index contributed by atoms with van der Waals surface area (Å²) in [6, 6.07) is 1.97. The van der Waals surface area contributed by atoms with Gasteiger partial charge in [0.05, 0.1) is 23.1 Å². The Kier molecular flexibility index (Phi) is 9.27. The highest BCUT2D eigenvalue weighted by Gasteiger charge is 2.26. The van der Waals surface area contributed by atoms with Crippen molar-refractivity contribution in [2.45, 2.75) is 12.8 Å². The number of rotatable bonds is 6. The van der Waals surface area contributed by atoms with Gasteiger partial charge in [-0.15, -0.1) is 0 Å². The number of hydrogen-bond donors (Lipinski definition) is 2. The van der Waals surface area contributed by atoms with E-state index in [-0.39, 0.29) is 5.91 Å². The topological polar surface area (TPSA) is 114 Å². The summed E-state index contributed by atoms with van der Waals surface area (Å²) >= 11 is 0. The normalized spacial score (nSPS) is 16.1. The standard InChI is InChI=1S/C16H26N4O.C4H4O4/c1-18(2)7-6-12-8-15-14(16(21)20(5)11-12)9-13(10-17-15)19(3)4;5-3(6)1-2-4(7)8/h9-10,12H,6-8,11H2,1-5H3;1-2H,(H,5,6)(H,7,8)/b;2-1+. The number of carboxylic acids is 2. The molecule has 0 aliphatic carbocycles. The van der Waals surface area contributed by atoms with Gasteiger partial charge in [0.1, 0.15) is 0 Å². The molecule has 2 N–H and O–H groups in total. The van der Waals surface area contributed by atoms with Crippen LogP contribution in [0.5, 0.6) is 0 Å². The maximum absolute atomic E-state index is 12.6. The van der Waals surface area contributed by atoms with E-state index < -0.39 is 11.9 Å². The highest BCUT2D eigenvalue weighted by Crippen LogP contribution is 2.24. The summed E-state index contributed by atoms with van der Waals surface area (Å²) in [5.74, 6) is -1.95. The van der Waals surface area contributed by atoms with Crippen LogP contribution in [0, 0.1) is 5.92 Å². The summed E-state index contributed by atoms with van der Waals surface area (Å²) in [5.41, 5.74) is 2.68. The van der Waals surface area contributed by atoms with Crippen molar-refractivity contribution in [2.75, 3.05) is 53.2 Å². The molecule has 29 heavy (non-hydrogen) atoms. The van der Waals surface area contributed by atoms with Crippen molar-refractivity contribution in [3.05, 3.63) is 35.7 Å². The van der Waals surface area contributed by atoms with E-state index in [1.165, 1.54) is 0 Å². The van der Waals surface area contributed by atoms with Crippen molar-refractivity contribution in [1.29, 1.82) is 0 Å². The molecule has 0 radical (unpaired) electrons. The number of carbonyl (C=O) groups excluding carboxylic acids is 1. The third-order valence-electron chi connectivity index (χ3n) is 4.42. The van der Waals surface area contributed by atoms with Crippen LogP contribution in [0.3, 0.4) is 0 Å². The van der Waals surface area contributed by atoms with Gasteiger partial charge >= 0.3 is 11.9 Å². The van der Waals surface area contributed by atoms with Crippen molar-refractivity contribution in [3.63, 3.8) is 0 Å². The van der Waals surface area contributed by atoms with Crippen molar-refractivity contribution in [3.8, 4) is 0 Å². The van der Waals surface area contributed by atoms with Crippen molar-refractivity contribution in [2.24, 2.45) is 5.92 Å². The largest absolute Gasteiger partial charge is 0.478 e. The Morgan fingerprint density at radius 3 is 2.28 bits per heavy atom. The monoisotopic (exact) mass is 406 g/mol. The lowest BCUT2D eigenvalue weighted by atomic mass is 9.98. The van der Waals surface area contributed by atoms with Gasteiger partial charge in [-0.3, -0.25) is 9.78 Å². The van der Waals surface area contributed by atoms with Crippen LogP contribution in [0.2, 0.25) is 0 Å². The number of nitrogens with zero attached hydrogens (tertiary/aromatic N) is 4. The first-order chi connectivity index (χ1) is 13.5. The zero-order chi connectivity index (χ0) is 22.1. The number of anilines is 1. The first-order valence-corrected chi connectivity index (χ1v) is 9.21. The van der Waals surface area contributed by atoms with E-state index in [0.717, 1.165) is 42.9 Å². The number of hydrogen-bond acceptors (Lipinski definition) is 6. The zero-order valence-corrected chi connectivity index (χ0v) is 17.6. The van der Waals surface area contributed by atoms with E-state index in [1.54, 1.807) is 0 Å². The molecule has 0 saturated heterocycles. The van der Waals surface area contributed by atoms with E-state index in [2.05, 4.69) is 24.0 Å². The number of fused-ring (bicyclic) bond motifs is 1. The van der Waals surface area contributed by atoms with Crippen molar-refractivity contribution < 1.29 is 24.6 Å². The molecule has 1 aromatic heterocycles. The van der Waals surface area contributed by atoms with Crippen LogP contribution < -0.4 is 4.90 Å². The van der Waals surface area contributed by atoms with Crippen molar-refractivity contribution >= 4 is 23.5 Å². The van der Waals surface area contributed by atoms with Gasteiger partial charge in [0, 0.05) is 39.8 Å². The van der Waals surface area contributed by atoms with E-state index in [0.29, 0.717) is 18.1 Å². The second kappa shape index (κ2) is 11.2. The van der Waals surface area contributed by atoms with Gasteiger partial charge in [-0.2, -0.15) is 0 Å². The van der Waals surface area contributed by atoms with Crippen LogP contribution in [0.4, 0.5) is 5.69 Å². The Morgan fingerprint density at radius 1 is 1.21 bits per heavy atom. The van der Waals surface area contributed by atoms with Crippen LogP contribution in [-0.4, -0.2) is 91.2 Å². The third-order valence-corrected chi connectivity index (χ3v) is 4.42. The Hall–Kier alpha value is -2.94. The second-order valence-electron chi connectivity index (χ2n) is 7.44. The summed E-state index contributed by atoms with van der Waals surface area (Å²) < 4.78 is 0. The fourth-order valence-electron chi connectivity index (χ4n) is 2.86. The number of aromatic nitrogens is 1. The average Bonchev–Trinajstić information content (AvgIpc) is 2.75. The molecule has 9 heteroatoms. The quantitative estimate of drug-likeness (QED) is 0.674. The van der Waals surface area contributed by atoms with Gasteiger partial charge in [-0.25, -0.2) is 9.59 Å². The number of pyridine rings is 1. The molecule has 0 bridgehead atoms. The van der Waals surface area contributed by atoms with Gasteiger partial charge in [0.15, 0.2) is 0 Å². The van der Waals surface area contributed by atoms with Crippen LogP contribution >= 0.6 is 0 Å². The molecular formula is C20H30N4O5. The summed E-state index contributed by atoms with van der Waals surface area (Å²) in [5, 5.41) is 15.6. The average molecular weight is 406 g/mol. The minimum absolute atomic E-state index is 0.0913. The maximum Gasteiger partial charge on any atom is 0.328 e. The molecule has 2 rings (SSSR count). The third kappa shape index (κ3) is 8.30. The molecule has 0 saturated carbocycles. The van der Waals surface area contributed by atoms with Gasteiger partial charge in [-0.1, -0.05) is 0 Å². The lowest BCUT2D eigenvalue weighted by Crippen LogP contribution is -2.31. The maximum atomic E-state index is 12.6. The molecule has 160 valence electrons. The van der Waals surface area contributed by atoms with Crippen molar-refractivity contribution in [1.82, 2.24) is 14.8 Å². The highest BCUT2D eigenvalue weighted by molar-refractivity contribution is 5.96. The molecule has 0 aromatic carbocycles. The van der Waals surface area contributed by atoms with Gasteiger partial charge in [-0.05, 0) is 45.5 Å². The molecule has 1 unspecified atom stereocenters. The summed E-state index contributed by atoms with van der Waals surface area (Å²) in [6.45, 7) is 1.85. The molecule has 1 aromatic rings. The molecule has 0 fully saturated rings. The first kappa shape index (κ1) is 24.1. The summed E-state index contributed by atoms with van der Waals surface area (Å²) in [4.78, 5) is 42.2. The van der Waals surface area contributed by atoms with Crippen LogP contribution in [0.1, 0.15) is 22.5 Å². The van der Waals surface area contributed by atoms with Crippen LogP contribution in [0.15, 0.2) is 24.4 Å². The van der Waals surface area contributed by atoms with Gasteiger partial charge in [0.25, 0.3) is 5.91 Å². The molecule has 0 spiro atoms. The van der Waals surface area contributed by atoms with Crippen LogP contribution in [0.25, 0.3) is 0 Å². The summed E-state index contributed by atoms with van der Waals surface area (Å²) in [6.07, 6.45) is 4.94. The summed E-state index contributed by atoms with van der Waals surface area (Å²) in [7, 11) is 9.99. The molecule has 1 atom stereocenters. The van der Waals surface area contributed by atoms with E-state index in [4.69, 9.17) is 10.2 Å². The zero-order valence-electron chi connectivity index (χ0n) is 17.6. The van der Waals surface area contributed by atoms with Gasteiger partial charge < -0.3 is 24.9 Å². The fourth-order valence-corrected chi connectivity index (χ4v) is 2.86. The Labute approximate surface area is 171 Å². The second-order valence-corrected chi connectivity index (χ2v) is 7.44. The predicted octanol–water partition coefficient (Wildman–Crippen LogP) is 1.06. The molecule has 1 aliphatic rings. The van der Waals surface area contributed by atoms with E-state index in [1.807, 2.05) is 43.2 Å². The Balaban J connectivity index is 0.000000447. The number of amides is 1. The molecule has 1 aliphatic heterocycles. The number of carbonyl (C=O) groups is 3. The SMILES string of the molecule is CN(C)CCC1Cc2ncc(N(C)C)cc2C(=O)N(C)C1.O=C(O)/C=C/C(=O)O. The fraction of sp³-hybridized carbons (Fsp3) is 0.500. The van der Waals surface area contributed by atoms with Crippen LogP contribution in [-0.2, 0) is 16.0 Å². The highest BCUT2D eigenvalue weighted by atomic mass is 16.4. The molecular weight excluding hydrogens is 376 g/mol. The smallest absolute Gasteiger partial charge is 0.328 e. The molecule has 9 nitrogen and oxygen atoms in total. The number of aliphatic carboxylic acids is 2. The first-order valence-electron chi connectivity index (χ1n) is 9.21. The molecule has 1 amide bonds.